The van der Waals surface area contributed by atoms with E-state index < -0.39 is 0 Å². The highest BCUT2D eigenvalue weighted by atomic mass is 79.9. The second-order valence-electron chi connectivity index (χ2n) is 2.58. The third-order valence-electron chi connectivity index (χ3n) is 1.72. The lowest BCUT2D eigenvalue weighted by atomic mass is 10.2. The molecule has 0 saturated carbocycles. The smallest absolute Gasteiger partial charge is 0.0782 e. The van der Waals surface area contributed by atoms with Crippen LogP contribution in [0, 0.1) is 0 Å². The van der Waals surface area contributed by atoms with Crippen LogP contribution in [0.3, 0.4) is 0 Å². The fraction of sp³-hybridized carbons (Fsp3) is 0. The lowest BCUT2D eigenvalue weighted by Gasteiger charge is -2.01. The highest BCUT2D eigenvalue weighted by molar-refractivity contribution is 9.10. The second-order valence-corrected chi connectivity index (χ2v) is 4.28. The normalized spacial score (nSPS) is 10.7. The highest BCUT2D eigenvalue weighted by Crippen LogP contribution is 2.30. The number of benzene rings is 1. The lowest BCUT2D eigenvalue weighted by molar-refractivity contribution is 1.41. The number of fused-ring (bicyclic) bond motifs is 1. The summed E-state index contributed by atoms with van der Waals surface area (Å²) in [4.78, 5) is 4.15. The van der Waals surface area contributed by atoms with E-state index in [9.17, 15) is 0 Å². The second kappa shape index (κ2) is 3.45. The number of hydrogen-bond acceptors (Lipinski definition) is 1. The van der Waals surface area contributed by atoms with Gasteiger partial charge in [0.2, 0.25) is 0 Å². The summed E-state index contributed by atoms with van der Waals surface area (Å²) in [6.07, 6.45) is 1.56. The van der Waals surface area contributed by atoms with E-state index in [2.05, 4.69) is 20.9 Å². The van der Waals surface area contributed by atoms with E-state index in [4.69, 9.17) is 23.2 Å². The molecule has 66 valence electrons. The molecule has 0 spiro atoms. The van der Waals surface area contributed by atoms with Crippen molar-refractivity contribution < 1.29 is 0 Å². The molecule has 0 saturated heterocycles. The van der Waals surface area contributed by atoms with Crippen LogP contribution in [0.4, 0.5) is 0 Å². The van der Waals surface area contributed by atoms with Crippen molar-refractivity contribution in [3.05, 3.63) is 38.9 Å². The molecule has 0 amide bonds. The van der Waals surface area contributed by atoms with Crippen LogP contribution < -0.4 is 0 Å². The zero-order valence-electron chi connectivity index (χ0n) is 6.39. The first-order valence-electron chi connectivity index (χ1n) is 3.58. The van der Waals surface area contributed by atoms with Gasteiger partial charge < -0.3 is 0 Å². The zero-order valence-corrected chi connectivity index (χ0v) is 9.49. The Morgan fingerprint density at radius 3 is 2.77 bits per heavy atom. The van der Waals surface area contributed by atoms with Crippen molar-refractivity contribution in [1.29, 1.82) is 0 Å². The van der Waals surface area contributed by atoms with Gasteiger partial charge in [0.15, 0.2) is 0 Å². The van der Waals surface area contributed by atoms with E-state index >= 15 is 0 Å². The predicted octanol–water partition coefficient (Wildman–Crippen LogP) is 4.30. The summed E-state index contributed by atoms with van der Waals surface area (Å²) in [5.41, 5.74) is 0.845. The van der Waals surface area contributed by atoms with Crippen LogP contribution in [0.1, 0.15) is 0 Å². The van der Waals surface area contributed by atoms with Crippen LogP contribution in [-0.2, 0) is 0 Å². The third kappa shape index (κ3) is 1.66. The fourth-order valence-corrected chi connectivity index (χ4v) is 1.82. The molecular formula is C9H4BrCl2N. The Hall–Kier alpha value is -0.310. The Bertz CT molecular complexity index is 465. The van der Waals surface area contributed by atoms with Gasteiger partial charge in [0.05, 0.1) is 15.6 Å². The minimum Gasteiger partial charge on any atom is -0.255 e. The van der Waals surface area contributed by atoms with Crippen LogP contribution in [0.5, 0.6) is 0 Å². The first-order chi connectivity index (χ1) is 6.18. The van der Waals surface area contributed by atoms with Gasteiger partial charge in [0.25, 0.3) is 0 Å². The van der Waals surface area contributed by atoms with Gasteiger partial charge in [-0.25, -0.2) is 0 Å². The van der Waals surface area contributed by atoms with E-state index in [1.165, 1.54) is 0 Å². The highest BCUT2D eigenvalue weighted by Gasteiger charge is 2.04. The van der Waals surface area contributed by atoms with E-state index in [-0.39, 0.29) is 0 Å². The number of hydrogen-bond donors (Lipinski definition) is 0. The van der Waals surface area contributed by atoms with Crippen molar-refractivity contribution in [2.75, 3.05) is 0 Å². The van der Waals surface area contributed by atoms with Gasteiger partial charge in [-0.1, -0.05) is 39.1 Å². The van der Waals surface area contributed by atoms with E-state index in [1.807, 2.05) is 18.2 Å². The molecule has 0 N–H and O–H groups in total. The van der Waals surface area contributed by atoms with Crippen molar-refractivity contribution in [2.45, 2.75) is 0 Å². The first-order valence-corrected chi connectivity index (χ1v) is 5.12. The van der Waals surface area contributed by atoms with Crippen molar-refractivity contribution in [3.63, 3.8) is 0 Å². The number of nitrogens with zero attached hydrogens (tertiary/aromatic N) is 1. The molecule has 0 atom stereocenters. The molecule has 1 aromatic carbocycles. The maximum absolute atomic E-state index is 6.01. The topological polar surface area (TPSA) is 12.9 Å². The molecule has 0 unspecified atom stereocenters. The molecule has 1 aromatic heterocycles. The summed E-state index contributed by atoms with van der Waals surface area (Å²) >= 11 is 15.2. The van der Waals surface area contributed by atoms with Crippen molar-refractivity contribution in [2.24, 2.45) is 0 Å². The molecule has 1 nitrogen and oxygen atoms in total. The van der Waals surface area contributed by atoms with Crippen LogP contribution in [0.15, 0.2) is 28.9 Å². The van der Waals surface area contributed by atoms with Crippen LogP contribution in [-0.4, -0.2) is 4.98 Å². The van der Waals surface area contributed by atoms with Crippen molar-refractivity contribution in [1.82, 2.24) is 4.98 Å². The maximum atomic E-state index is 6.01. The molecule has 0 bridgehead atoms. The average Bonchev–Trinajstić information content (AvgIpc) is 2.12. The number of halogens is 3. The first kappa shape index (κ1) is 9.25. The van der Waals surface area contributed by atoms with E-state index in [0.29, 0.717) is 10.0 Å². The van der Waals surface area contributed by atoms with Gasteiger partial charge >= 0.3 is 0 Å². The molecule has 4 heteroatoms. The van der Waals surface area contributed by atoms with Crippen LogP contribution in [0.2, 0.25) is 10.0 Å². The molecule has 0 radical (unpaired) electrons. The van der Waals surface area contributed by atoms with E-state index in [0.717, 1.165) is 15.4 Å². The van der Waals surface area contributed by atoms with E-state index in [1.54, 1.807) is 6.20 Å². The Morgan fingerprint density at radius 1 is 1.23 bits per heavy atom. The van der Waals surface area contributed by atoms with Crippen LogP contribution in [0.25, 0.3) is 10.9 Å². The lowest BCUT2D eigenvalue weighted by Crippen LogP contribution is -1.80. The maximum Gasteiger partial charge on any atom is 0.0782 e. The quantitative estimate of drug-likeness (QED) is 0.699. The minimum absolute atomic E-state index is 0.479. The molecule has 1 heterocycles. The number of rotatable bonds is 0. The Balaban J connectivity index is 2.89. The number of pyridine rings is 1. The fourth-order valence-electron chi connectivity index (χ4n) is 1.11. The summed E-state index contributed by atoms with van der Waals surface area (Å²) in [7, 11) is 0. The monoisotopic (exact) mass is 275 g/mol. The van der Waals surface area contributed by atoms with Gasteiger partial charge in [-0.3, -0.25) is 4.98 Å². The standard InChI is InChI=1S/C9H4BrCl2N/c10-5-1-2-8-6(3-5)9(12)7(11)4-13-8/h1-4H. The Kier molecular flexibility index (Phi) is 2.45. The largest absolute Gasteiger partial charge is 0.255 e. The zero-order chi connectivity index (χ0) is 9.42. The summed E-state index contributed by atoms with van der Waals surface area (Å²) in [6.45, 7) is 0. The van der Waals surface area contributed by atoms with Gasteiger partial charge in [0.1, 0.15) is 0 Å². The van der Waals surface area contributed by atoms with Crippen molar-refractivity contribution in [3.8, 4) is 0 Å². The molecule has 0 aliphatic rings. The molecule has 0 aliphatic heterocycles. The van der Waals surface area contributed by atoms with Crippen LogP contribution >= 0.6 is 39.1 Å². The Labute approximate surface area is 93.8 Å². The molecule has 2 rings (SSSR count). The predicted molar refractivity (Wildman–Crippen MR) is 59.5 cm³/mol. The van der Waals surface area contributed by atoms with Gasteiger partial charge in [-0.15, -0.1) is 0 Å². The van der Waals surface area contributed by atoms with Gasteiger partial charge in [0, 0.05) is 16.1 Å². The number of aromatic nitrogens is 1. The summed E-state index contributed by atoms with van der Waals surface area (Å²) in [5.74, 6) is 0. The third-order valence-corrected chi connectivity index (χ3v) is 3.01. The SMILES string of the molecule is Clc1cnc2ccc(Br)cc2c1Cl. The molecule has 13 heavy (non-hydrogen) atoms. The molecule has 0 fully saturated rings. The minimum atomic E-state index is 0.479. The molecule has 0 aliphatic carbocycles. The molecular weight excluding hydrogens is 273 g/mol. The molecule has 2 aromatic rings. The Morgan fingerprint density at radius 2 is 2.00 bits per heavy atom. The summed E-state index contributed by atoms with van der Waals surface area (Å²) < 4.78 is 0.964. The summed E-state index contributed by atoms with van der Waals surface area (Å²) in [6, 6.07) is 5.71. The van der Waals surface area contributed by atoms with Crippen molar-refractivity contribution >= 4 is 50.0 Å². The summed E-state index contributed by atoms with van der Waals surface area (Å²) in [5, 5.41) is 1.89. The van der Waals surface area contributed by atoms with Gasteiger partial charge in [-0.05, 0) is 18.2 Å². The average molecular weight is 277 g/mol. The van der Waals surface area contributed by atoms with Gasteiger partial charge in [-0.2, -0.15) is 0 Å².